The van der Waals surface area contributed by atoms with Crippen LogP contribution in [0, 0.1) is 12.7 Å². The number of carbonyl (C=O) groups is 2. The number of aryl methyl sites for hydroxylation is 1. The van der Waals surface area contributed by atoms with Crippen LogP contribution >= 0.6 is 0 Å². The highest BCUT2D eigenvalue weighted by Gasteiger charge is 2.36. The van der Waals surface area contributed by atoms with Crippen LogP contribution in [0.15, 0.2) is 40.8 Å². The Morgan fingerprint density at radius 2 is 1.71 bits per heavy atom. The predicted molar refractivity (Wildman–Crippen MR) is 115 cm³/mol. The lowest BCUT2D eigenvalue weighted by Crippen LogP contribution is -2.51. The van der Waals surface area contributed by atoms with Crippen molar-refractivity contribution in [3.63, 3.8) is 0 Å². The maximum Gasteiger partial charge on any atom is 0.289 e. The fourth-order valence-electron chi connectivity index (χ4n) is 4.76. The highest BCUT2D eigenvalue weighted by Crippen LogP contribution is 2.40. The van der Waals surface area contributed by atoms with Gasteiger partial charge in [-0.2, -0.15) is 0 Å². The van der Waals surface area contributed by atoms with Crippen LogP contribution < -0.4 is 5.32 Å². The summed E-state index contributed by atoms with van der Waals surface area (Å²) in [4.78, 5) is 29.0. The molecule has 0 unspecified atom stereocenters. The number of halogens is 1. The number of hydrogen-bond acceptors (Lipinski definition) is 4. The molecule has 166 valence electrons. The van der Waals surface area contributed by atoms with Crippen LogP contribution in [0.2, 0.25) is 0 Å². The van der Waals surface area contributed by atoms with E-state index in [1.807, 2.05) is 19.1 Å². The van der Waals surface area contributed by atoms with Crippen LogP contribution in [0.4, 0.5) is 4.39 Å². The Hall–Kier alpha value is -2.67. The minimum Gasteiger partial charge on any atom is -0.456 e. The van der Waals surface area contributed by atoms with Gasteiger partial charge >= 0.3 is 0 Å². The second-order valence-electron chi connectivity index (χ2n) is 8.75. The third-order valence-electron chi connectivity index (χ3n) is 6.62. The summed E-state index contributed by atoms with van der Waals surface area (Å²) < 4.78 is 18.8. The summed E-state index contributed by atoms with van der Waals surface area (Å²) in [5.74, 6) is 0.751. The molecule has 2 fully saturated rings. The van der Waals surface area contributed by atoms with Gasteiger partial charge in [0.05, 0.1) is 6.54 Å². The highest BCUT2D eigenvalue weighted by atomic mass is 19.1. The molecule has 7 heteroatoms. The Balaban J connectivity index is 1.26. The molecule has 0 radical (unpaired) electrons. The number of nitrogens with one attached hydrogen (secondary N) is 1. The molecule has 1 aliphatic carbocycles. The summed E-state index contributed by atoms with van der Waals surface area (Å²) in [5.41, 5.74) is 1.00. The van der Waals surface area contributed by atoms with Gasteiger partial charge in [0.2, 0.25) is 5.91 Å². The van der Waals surface area contributed by atoms with E-state index >= 15 is 0 Å². The molecule has 1 saturated carbocycles. The van der Waals surface area contributed by atoms with Gasteiger partial charge in [-0.25, -0.2) is 4.39 Å². The lowest BCUT2D eigenvalue weighted by atomic mass is 9.79. The second-order valence-corrected chi connectivity index (χ2v) is 8.75. The largest absolute Gasteiger partial charge is 0.456 e. The zero-order valence-electron chi connectivity index (χ0n) is 18.0. The molecule has 4 rings (SSSR count). The number of amides is 2. The van der Waals surface area contributed by atoms with Gasteiger partial charge in [0, 0.05) is 38.1 Å². The average molecular weight is 428 g/mol. The normalized spacial score (nSPS) is 18.8. The van der Waals surface area contributed by atoms with E-state index in [-0.39, 0.29) is 23.0 Å². The lowest BCUT2D eigenvalue weighted by molar-refractivity contribution is -0.122. The monoisotopic (exact) mass is 427 g/mol. The summed E-state index contributed by atoms with van der Waals surface area (Å²) in [6.45, 7) is 5.18. The third kappa shape index (κ3) is 4.98. The molecule has 0 bridgehead atoms. The molecule has 1 saturated heterocycles. The summed E-state index contributed by atoms with van der Waals surface area (Å²) in [5, 5.41) is 3.12. The molecular formula is C24H30FN3O3. The number of piperazine rings is 1. The standard InChI is InChI=1S/C24H30FN3O3/c1-18-4-9-21(31-18)23(30)28-14-12-27(13-15-28)16-22(29)26-17-24(10-2-3-11-24)19-5-7-20(25)8-6-19/h4-9H,2-3,10-17H2,1H3,(H,26,29). The topological polar surface area (TPSA) is 65.8 Å². The average Bonchev–Trinajstić information content (AvgIpc) is 3.43. The molecule has 2 heterocycles. The predicted octanol–water partition coefficient (Wildman–Crippen LogP) is 3.11. The Labute approximate surface area is 182 Å². The maximum absolute atomic E-state index is 13.3. The van der Waals surface area contributed by atoms with E-state index in [4.69, 9.17) is 4.42 Å². The van der Waals surface area contributed by atoms with Gasteiger partial charge in [-0.1, -0.05) is 25.0 Å². The van der Waals surface area contributed by atoms with E-state index in [9.17, 15) is 14.0 Å². The van der Waals surface area contributed by atoms with E-state index in [0.717, 1.165) is 37.0 Å². The van der Waals surface area contributed by atoms with Crippen molar-refractivity contribution in [2.45, 2.75) is 38.0 Å². The zero-order valence-corrected chi connectivity index (χ0v) is 18.0. The van der Waals surface area contributed by atoms with Crippen LogP contribution in [0.5, 0.6) is 0 Å². The Morgan fingerprint density at radius 1 is 1.03 bits per heavy atom. The van der Waals surface area contributed by atoms with Gasteiger partial charge in [0.25, 0.3) is 5.91 Å². The molecule has 2 aliphatic rings. The number of nitrogens with zero attached hydrogens (tertiary/aromatic N) is 2. The molecule has 2 amide bonds. The number of rotatable bonds is 6. The highest BCUT2D eigenvalue weighted by molar-refractivity contribution is 5.91. The maximum atomic E-state index is 13.3. The van der Waals surface area contributed by atoms with Gasteiger partial charge in [-0.15, -0.1) is 0 Å². The first-order chi connectivity index (χ1) is 14.9. The number of carbonyl (C=O) groups excluding carboxylic acids is 2. The van der Waals surface area contributed by atoms with Gasteiger partial charge in [0.1, 0.15) is 11.6 Å². The number of hydrogen-bond donors (Lipinski definition) is 1. The van der Waals surface area contributed by atoms with Gasteiger partial charge < -0.3 is 14.6 Å². The fourth-order valence-corrected chi connectivity index (χ4v) is 4.76. The minimum absolute atomic E-state index is 0.00479. The SMILES string of the molecule is Cc1ccc(C(=O)N2CCN(CC(=O)NCC3(c4ccc(F)cc4)CCCC3)CC2)o1. The first-order valence-electron chi connectivity index (χ1n) is 11.1. The first kappa shape index (κ1) is 21.6. The molecule has 0 spiro atoms. The van der Waals surface area contributed by atoms with Crippen LogP contribution in [0.25, 0.3) is 0 Å². The smallest absolute Gasteiger partial charge is 0.289 e. The molecular weight excluding hydrogens is 397 g/mol. The van der Waals surface area contributed by atoms with E-state index in [0.29, 0.717) is 45.0 Å². The molecule has 1 aromatic heterocycles. The molecule has 1 aromatic carbocycles. The molecule has 6 nitrogen and oxygen atoms in total. The van der Waals surface area contributed by atoms with Crippen molar-refractivity contribution >= 4 is 11.8 Å². The summed E-state index contributed by atoms with van der Waals surface area (Å²) in [6.07, 6.45) is 4.26. The van der Waals surface area contributed by atoms with E-state index in [1.54, 1.807) is 17.0 Å². The molecule has 1 N–H and O–H groups in total. The van der Waals surface area contributed by atoms with Crippen molar-refractivity contribution in [1.82, 2.24) is 15.1 Å². The van der Waals surface area contributed by atoms with E-state index in [2.05, 4.69) is 10.2 Å². The van der Waals surface area contributed by atoms with E-state index < -0.39 is 0 Å². The van der Waals surface area contributed by atoms with Gasteiger partial charge in [0.15, 0.2) is 5.76 Å². The number of furan rings is 1. The summed E-state index contributed by atoms with van der Waals surface area (Å²) in [7, 11) is 0. The lowest BCUT2D eigenvalue weighted by Gasteiger charge is -2.34. The number of benzene rings is 1. The van der Waals surface area contributed by atoms with Crippen molar-refractivity contribution in [1.29, 1.82) is 0 Å². The quantitative estimate of drug-likeness (QED) is 0.769. The summed E-state index contributed by atoms with van der Waals surface area (Å²) in [6, 6.07) is 10.2. The van der Waals surface area contributed by atoms with Crippen LogP contribution in [0.3, 0.4) is 0 Å². The third-order valence-corrected chi connectivity index (χ3v) is 6.62. The van der Waals surface area contributed by atoms with Crippen LogP contribution in [-0.4, -0.2) is 60.9 Å². The summed E-state index contributed by atoms with van der Waals surface area (Å²) >= 11 is 0. The van der Waals surface area contributed by atoms with Crippen LogP contribution in [0.1, 0.15) is 47.6 Å². The van der Waals surface area contributed by atoms with Crippen molar-refractivity contribution in [3.8, 4) is 0 Å². The fraction of sp³-hybridized carbons (Fsp3) is 0.500. The van der Waals surface area contributed by atoms with Crippen molar-refractivity contribution in [3.05, 3.63) is 59.3 Å². The van der Waals surface area contributed by atoms with Gasteiger partial charge in [-0.05, 0) is 49.6 Å². The molecule has 31 heavy (non-hydrogen) atoms. The molecule has 1 aliphatic heterocycles. The Bertz CT molecular complexity index is 910. The van der Waals surface area contributed by atoms with E-state index in [1.165, 1.54) is 12.1 Å². The zero-order chi connectivity index (χ0) is 21.8. The van der Waals surface area contributed by atoms with Gasteiger partial charge in [-0.3, -0.25) is 14.5 Å². The van der Waals surface area contributed by atoms with Crippen LogP contribution in [-0.2, 0) is 10.2 Å². The Kier molecular flexibility index (Phi) is 6.41. The second kappa shape index (κ2) is 9.22. The van der Waals surface area contributed by atoms with Crippen molar-refractivity contribution in [2.24, 2.45) is 0 Å². The molecule has 2 aromatic rings. The first-order valence-corrected chi connectivity index (χ1v) is 11.1. The Morgan fingerprint density at radius 3 is 2.32 bits per heavy atom. The minimum atomic E-state index is -0.235. The van der Waals surface area contributed by atoms with Crippen molar-refractivity contribution in [2.75, 3.05) is 39.3 Å². The van der Waals surface area contributed by atoms with Crippen molar-refractivity contribution < 1.29 is 18.4 Å². The molecule has 0 atom stereocenters.